The first kappa shape index (κ1) is 11.6. The van der Waals surface area contributed by atoms with Gasteiger partial charge in [-0.1, -0.05) is 0 Å². The molecule has 2 aromatic rings. The van der Waals surface area contributed by atoms with Gasteiger partial charge in [-0.15, -0.1) is 11.3 Å². The first-order valence-corrected chi connectivity index (χ1v) is 7.06. The van der Waals surface area contributed by atoms with Crippen LogP contribution in [0, 0.1) is 0 Å². The number of hydrogen-bond donors (Lipinski definition) is 2. The normalized spacial score (nSPS) is 19.2. The molecule has 1 aliphatic heterocycles. The van der Waals surface area contributed by atoms with Gasteiger partial charge < -0.3 is 10.6 Å². The number of benzene rings is 1. The molecule has 4 nitrogen and oxygen atoms in total. The highest BCUT2D eigenvalue weighted by atomic mass is 32.1. The Balaban J connectivity index is 1.65. The molecule has 2 N–H and O–H groups in total. The van der Waals surface area contributed by atoms with Gasteiger partial charge in [-0.05, 0) is 37.6 Å². The van der Waals surface area contributed by atoms with Crippen molar-refractivity contribution in [2.45, 2.75) is 25.3 Å². The van der Waals surface area contributed by atoms with E-state index in [1.165, 1.54) is 6.42 Å². The van der Waals surface area contributed by atoms with E-state index in [1.807, 2.05) is 23.7 Å². The van der Waals surface area contributed by atoms with Crippen LogP contribution in [0.15, 0.2) is 23.7 Å². The van der Waals surface area contributed by atoms with Crippen LogP contribution in [0.3, 0.4) is 0 Å². The van der Waals surface area contributed by atoms with E-state index in [2.05, 4.69) is 15.6 Å². The molecule has 1 saturated heterocycles. The Morgan fingerprint density at radius 3 is 3.33 bits per heavy atom. The van der Waals surface area contributed by atoms with E-state index in [0.29, 0.717) is 12.5 Å². The molecule has 18 heavy (non-hydrogen) atoms. The molecular weight excluding hydrogens is 246 g/mol. The summed E-state index contributed by atoms with van der Waals surface area (Å²) in [7, 11) is 0. The van der Waals surface area contributed by atoms with Crippen molar-refractivity contribution in [2.24, 2.45) is 0 Å². The summed E-state index contributed by atoms with van der Waals surface area (Å²) in [6.07, 6.45) is 2.82. The van der Waals surface area contributed by atoms with Crippen LogP contribution in [0.25, 0.3) is 10.2 Å². The van der Waals surface area contributed by atoms with Crippen molar-refractivity contribution in [3.8, 4) is 0 Å². The average Bonchev–Trinajstić information content (AvgIpc) is 2.98. The van der Waals surface area contributed by atoms with Crippen molar-refractivity contribution >= 4 is 33.1 Å². The Hall–Kier alpha value is -1.46. The molecule has 0 saturated carbocycles. The number of fused-ring (bicyclic) bond motifs is 1. The number of hydrogen-bond acceptors (Lipinski definition) is 4. The van der Waals surface area contributed by atoms with Crippen LogP contribution in [-0.2, 0) is 4.79 Å². The van der Waals surface area contributed by atoms with Gasteiger partial charge in [0, 0.05) is 18.2 Å². The van der Waals surface area contributed by atoms with Crippen LogP contribution in [0.5, 0.6) is 0 Å². The largest absolute Gasteiger partial charge is 0.326 e. The van der Waals surface area contributed by atoms with Crippen molar-refractivity contribution in [3.05, 3.63) is 23.7 Å². The summed E-state index contributed by atoms with van der Waals surface area (Å²) in [6.45, 7) is 1.03. The summed E-state index contributed by atoms with van der Waals surface area (Å²) in [4.78, 5) is 16.1. The van der Waals surface area contributed by atoms with Crippen molar-refractivity contribution < 1.29 is 4.79 Å². The number of amides is 1. The van der Waals surface area contributed by atoms with E-state index in [0.717, 1.165) is 28.9 Å². The highest BCUT2D eigenvalue weighted by Gasteiger charge is 2.17. The zero-order chi connectivity index (χ0) is 12.4. The van der Waals surface area contributed by atoms with E-state index in [9.17, 15) is 4.79 Å². The van der Waals surface area contributed by atoms with Crippen molar-refractivity contribution in [1.29, 1.82) is 0 Å². The molecule has 1 aromatic carbocycles. The molecule has 1 aromatic heterocycles. The minimum Gasteiger partial charge on any atom is -0.326 e. The summed E-state index contributed by atoms with van der Waals surface area (Å²) in [5.74, 6) is 0.0731. The van der Waals surface area contributed by atoms with Crippen LogP contribution < -0.4 is 10.6 Å². The van der Waals surface area contributed by atoms with Gasteiger partial charge in [0.2, 0.25) is 5.91 Å². The summed E-state index contributed by atoms with van der Waals surface area (Å²) >= 11 is 1.61. The summed E-state index contributed by atoms with van der Waals surface area (Å²) < 4.78 is 1.14. The molecule has 1 aliphatic rings. The van der Waals surface area contributed by atoms with E-state index >= 15 is 0 Å². The Morgan fingerprint density at radius 2 is 2.50 bits per heavy atom. The Labute approximate surface area is 109 Å². The standard InChI is InChI=1S/C13H15N3OS/c17-13(7-9-2-1-5-14-9)16-10-3-4-12-11(6-10)15-8-18-12/h3-4,6,8-9,14H,1-2,5,7H2,(H,16,17). The third-order valence-corrected chi connectivity index (χ3v) is 4.02. The number of nitrogens with zero attached hydrogens (tertiary/aromatic N) is 1. The number of aromatic nitrogens is 1. The lowest BCUT2D eigenvalue weighted by molar-refractivity contribution is -0.116. The molecule has 0 aliphatic carbocycles. The van der Waals surface area contributed by atoms with Gasteiger partial charge in [-0.25, -0.2) is 4.98 Å². The lowest BCUT2D eigenvalue weighted by atomic mass is 10.1. The van der Waals surface area contributed by atoms with Gasteiger partial charge in [-0.2, -0.15) is 0 Å². The molecule has 3 rings (SSSR count). The molecule has 1 fully saturated rings. The molecule has 0 bridgehead atoms. The molecule has 1 unspecified atom stereocenters. The lowest BCUT2D eigenvalue weighted by Crippen LogP contribution is -2.27. The molecule has 1 atom stereocenters. The van der Waals surface area contributed by atoms with Crippen LogP contribution >= 0.6 is 11.3 Å². The summed E-state index contributed by atoms with van der Waals surface area (Å²) in [6, 6.07) is 6.19. The maximum atomic E-state index is 11.9. The van der Waals surface area contributed by atoms with E-state index in [1.54, 1.807) is 11.3 Å². The lowest BCUT2D eigenvalue weighted by Gasteiger charge is -2.10. The van der Waals surface area contributed by atoms with Crippen LogP contribution in [0.1, 0.15) is 19.3 Å². The molecule has 0 spiro atoms. The fourth-order valence-electron chi connectivity index (χ4n) is 2.30. The molecule has 0 radical (unpaired) electrons. The predicted molar refractivity (Wildman–Crippen MR) is 73.9 cm³/mol. The van der Waals surface area contributed by atoms with E-state index in [4.69, 9.17) is 0 Å². The van der Waals surface area contributed by atoms with E-state index in [-0.39, 0.29) is 5.91 Å². The third kappa shape index (κ3) is 2.52. The number of rotatable bonds is 3. The molecular formula is C13H15N3OS. The number of thiazole rings is 1. The Bertz CT molecular complexity index is 560. The minimum absolute atomic E-state index is 0.0731. The van der Waals surface area contributed by atoms with Gasteiger partial charge >= 0.3 is 0 Å². The maximum absolute atomic E-state index is 11.9. The second-order valence-corrected chi connectivity index (χ2v) is 5.47. The second-order valence-electron chi connectivity index (χ2n) is 4.58. The second kappa shape index (κ2) is 5.04. The minimum atomic E-state index is 0.0731. The van der Waals surface area contributed by atoms with Gasteiger partial charge in [0.1, 0.15) is 0 Å². The summed E-state index contributed by atoms with van der Waals surface area (Å²) in [5, 5.41) is 6.26. The molecule has 1 amide bonds. The highest BCUT2D eigenvalue weighted by Crippen LogP contribution is 2.21. The fraction of sp³-hybridized carbons (Fsp3) is 0.385. The fourth-order valence-corrected chi connectivity index (χ4v) is 2.96. The molecule has 94 valence electrons. The van der Waals surface area contributed by atoms with Gasteiger partial charge in [0.25, 0.3) is 0 Å². The third-order valence-electron chi connectivity index (χ3n) is 3.21. The SMILES string of the molecule is O=C(CC1CCCN1)Nc1ccc2scnc2c1. The summed E-state index contributed by atoms with van der Waals surface area (Å²) in [5.41, 5.74) is 3.59. The van der Waals surface area contributed by atoms with Gasteiger partial charge in [0.15, 0.2) is 0 Å². The number of carbonyl (C=O) groups excluding carboxylic acids is 1. The van der Waals surface area contributed by atoms with Crippen LogP contribution in [-0.4, -0.2) is 23.5 Å². The smallest absolute Gasteiger partial charge is 0.225 e. The zero-order valence-corrected chi connectivity index (χ0v) is 10.8. The van der Waals surface area contributed by atoms with Crippen LogP contribution in [0.4, 0.5) is 5.69 Å². The van der Waals surface area contributed by atoms with Crippen LogP contribution in [0.2, 0.25) is 0 Å². The number of anilines is 1. The average molecular weight is 261 g/mol. The Kier molecular flexibility index (Phi) is 3.25. The van der Waals surface area contributed by atoms with Crippen molar-refractivity contribution in [2.75, 3.05) is 11.9 Å². The number of carbonyl (C=O) groups is 1. The van der Waals surface area contributed by atoms with Gasteiger partial charge in [0.05, 0.1) is 15.7 Å². The van der Waals surface area contributed by atoms with Crippen molar-refractivity contribution in [1.82, 2.24) is 10.3 Å². The number of nitrogens with one attached hydrogen (secondary N) is 2. The highest BCUT2D eigenvalue weighted by molar-refractivity contribution is 7.16. The van der Waals surface area contributed by atoms with E-state index < -0.39 is 0 Å². The Morgan fingerprint density at radius 1 is 1.56 bits per heavy atom. The zero-order valence-electron chi connectivity index (χ0n) is 9.98. The topological polar surface area (TPSA) is 54.0 Å². The monoisotopic (exact) mass is 261 g/mol. The first-order chi connectivity index (χ1) is 8.81. The van der Waals surface area contributed by atoms with Crippen molar-refractivity contribution in [3.63, 3.8) is 0 Å². The molecule has 2 heterocycles. The van der Waals surface area contributed by atoms with Gasteiger partial charge in [-0.3, -0.25) is 4.79 Å². The first-order valence-electron chi connectivity index (χ1n) is 6.18. The molecule has 5 heteroatoms. The quantitative estimate of drug-likeness (QED) is 0.892. The predicted octanol–water partition coefficient (Wildman–Crippen LogP) is 2.38. The maximum Gasteiger partial charge on any atom is 0.225 e.